The summed E-state index contributed by atoms with van der Waals surface area (Å²) in [5.41, 5.74) is 1.05. The van der Waals surface area contributed by atoms with Crippen molar-refractivity contribution in [3.8, 4) is 11.5 Å². The molecule has 0 radical (unpaired) electrons. The van der Waals surface area contributed by atoms with E-state index >= 15 is 0 Å². The van der Waals surface area contributed by atoms with Crippen molar-refractivity contribution in [2.45, 2.75) is 6.54 Å². The number of aromatic nitrogens is 1. The highest BCUT2D eigenvalue weighted by atomic mass is 16.5. The van der Waals surface area contributed by atoms with Gasteiger partial charge in [-0.2, -0.15) is 0 Å². The standard InChI is InChI=1S/C19H19N3O4/c1-24-16-7-5-13(10-17(16)25-2)19(23)22-14-6-8-18(20-11-14)21-12-15-4-3-9-26-15/h3-11H,12H2,1-2H3,(H,20,21)(H,22,23). The molecule has 0 fully saturated rings. The summed E-state index contributed by atoms with van der Waals surface area (Å²) in [6, 6.07) is 12.3. The maximum atomic E-state index is 12.4. The highest BCUT2D eigenvalue weighted by Crippen LogP contribution is 2.27. The minimum absolute atomic E-state index is 0.260. The molecule has 1 aromatic carbocycles. The number of pyridine rings is 1. The minimum Gasteiger partial charge on any atom is -0.493 e. The molecular weight excluding hydrogens is 334 g/mol. The molecule has 134 valence electrons. The van der Waals surface area contributed by atoms with Crippen molar-refractivity contribution in [3.63, 3.8) is 0 Å². The number of benzene rings is 1. The number of rotatable bonds is 7. The van der Waals surface area contributed by atoms with Gasteiger partial charge in [0.15, 0.2) is 11.5 Å². The monoisotopic (exact) mass is 353 g/mol. The maximum absolute atomic E-state index is 12.4. The second kappa shape index (κ2) is 8.06. The number of amides is 1. The average molecular weight is 353 g/mol. The highest BCUT2D eigenvalue weighted by molar-refractivity contribution is 6.04. The van der Waals surface area contributed by atoms with E-state index in [0.29, 0.717) is 35.1 Å². The molecule has 7 heteroatoms. The Morgan fingerprint density at radius 3 is 2.62 bits per heavy atom. The molecule has 7 nitrogen and oxygen atoms in total. The fraction of sp³-hybridized carbons (Fsp3) is 0.158. The Hall–Kier alpha value is -3.48. The zero-order valence-corrected chi connectivity index (χ0v) is 14.5. The van der Waals surface area contributed by atoms with E-state index in [1.807, 2.05) is 12.1 Å². The Morgan fingerprint density at radius 2 is 1.96 bits per heavy atom. The first kappa shape index (κ1) is 17.3. The first-order valence-electron chi connectivity index (χ1n) is 7.95. The molecule has 2 N–H and O–H groups in total. The van der Waals surface area contributed by atoms with E-state index in [0.717, 1.165) is 5.76 Å². The number of carbonyl (C=O) groups is 1. The summed E-state index contributed by atoms with van der Waals surface area (Å²) in [4.78, 5) is 16.7. The molecule has 3 rings (SSSR count). The molecule has 2 heterocycles. The summed E-state index contributed by atoms with van der Waals surface area (Å²) in [5.74, 6) is 2.31. The molecule has 2 aromatic heterocycles. The van der Waals surface area contributed by atoms with Crippen molar-refractivity contribution < 1.29 is 18.7 Å². The first-order chi connectivity index (χ1) is 12.7. The van der Waals surface area contributed by atoms with E-state index in [-0.39, 0.29) is 5.91 Å². The van der Waals surface area contributed by atoms with Crippen molar-refractivity contribution in [2.24, 2.45) is 0 Å². The van der Waals surface area contributed by atoms with Crippen LogP contribution in [-0.4, -0.2) is 25.1 Å². The van der Waals surface area contributed by atoms with Crippen LogP contribution in [0.1, 0.15) is 16.1 Å². The number of ether oxygens (including phenoxy) is 2. The smallest absolute Gasteiger partial charge is 0.255 e. The van der Waals surface area contributed by atoms with E-state index < -0.39 is 0 Å². The average Bonchev–Trinajstić information content (AvgIpc) is 3.20. The lowest BCUT2D eigenvalue weighted by Crippen LogP contribution is -2.12. The third kappa shape index (κ3) is 4.13. The van der Waals surface area contributed by atoms with Gasteiger partial charge in [0.05, 0.1) is 38.9 Å². The van der Waals surface area contributed by atoms with E-state index in [2.05, 4.69) is 15.6 Å². The lowest BCUT2D eigenvalue weighted by molar-refractivity contribution is 0.102. The van der Waals surface area contributed by atoms with Crippen LogP contribution >= 0.6 is 0 Å². The second-order valence-electron chi connectivity index (χ2n) is 5.39. The molecule has 0 aliphatic carbocycles. The Labute approximate surface area is 151 Å². The summed E-state index contributed by atoms with van der Waals surface area (Å²) in [7, 11) is 3.07. The number of nitrogens with zero attached hydrogens (tertiary/aromatic N) is 1. The van der Waals surface area contributed by atoms with Gasteiger partial charge in [0.1, 0.15) is 11.6 Å². The molecule has 0 saturated heterocycles. The molecule has 0 saturated carbocycles. The number of anilines is 2. The molecule has 0 aliphatic rings. The van der Waals surface area contributed by atoms with Gasteiger partial charge >= 0.3 is 0 Å². The first-order valence-corrected chi connectivity index (χ1v) is 7.95. The van der Waals surface area contributed by atoms with Crippen LogP contribution in [-0.2, 0) is 6.54 Å². The number of methoxy groups -OCH3 is 2. The number of hydrogen-bond donors (Lipinski definition) is 2. The van der Waals surface area contributed by atoms with Gasteiger partial charge in [-0.25, -0.2) is 4.98 Å². The fourth-order valence-electron chi connectivity index (χ4n) is 2.34. The molecule has 26 heavy (non-hydrogen) atoms. The summed E-state index contributed by atoms with van der Waals surface area (Å²) in [6.45, 7) is 0.539. The lowest BCUT2D eigenvalue weighted by Gasteiger charge is -2.10. The number of hydrogen-bond acceptors (Lipinski definition) is 6. The van der Waals surface area contributed by atoms with Gasteiger partial charge in [-0.05, 0) is 42.5 Å². The summed E-state index contributed by atoms with van der Waals surface area (Å²) >= 11 is 0. The zero-order valence-electron chi connectivity index (χ0n) is 14.5. The van der Waals surface area contributed by atoms with Crippen LogP contribution in [0.5, 0.6) is 11.5 Å². The van der Waals surface area contributed by atoms with Gasteiger partial charge in [0.25, 0.3) is 5.91 Å². The topological polar surface area (TPSA) is 85.6 Å². The van der Waals surface area contributed by atoms with Gasteiger partial charge in [0, 0.05) is 5.56 Å². The van der Waals surface area contributed by atoms with Crippen molar-refractivity contribution >= 4 is 17.4 Å². The highest BCUT2D eigenvalue weighted by Gasteiger charge is 2.11. The number of furan rings is 1. The maximum Gasteiger partial charge on any atom is 0.255 e. The Bertz CT molecular complexity index is 861. The molecule has 0 aliphatic heterocycles. The van der Waals surface area contributed by atoms with Crippen LogP contribution in [0, 0.1) is 0 Å². The van der Waals surface area contributed by atoms with E-state index in [4.69, 9.17) is 13.9 Å². The Morgan fingerprint density at radius 1 is 1.12 bits per heavy atom. The molecular formula is C19H19N3O4. The van der Waals surface area contributed by atoms with Crippen molar-refractivity contribution in [2.75, 3.05) is 24.9 Å². The summed E-state index contributed by atoms with van der Waals surface area (Å²) < 4.78 is 15.6. The van der Waals surface area contributed by atoms with Crippen molar-refractivity contribution in [3.05, 3.63) is 66.2 Å². The zero-order chi connectivity index (χ0) is 18.4. The number of carbonyl (C=O) groups excluding carboxylic acids is 1. The largest absolute Gasteiger partial charge is 0.493 e. The molecule has 0 unspecified atom stereocenters. The van der Waals surface area contributed by atoms with Gasteiger partial charge in [-0.3, -0.25) is 4.79 Å². The lowest BCUT2D eigenvalue weighted by atomic mass is 10.2. The van der Waals surface area contributed by atoms with Crippen LogP contribution in [0.25, 0.3) is 0 Å². The van der Waals surface area contributed by atoms with Crippen molar-refractivity contribution in [1.82, 2.24) is 4.98 Å². The molecule has 0 spiro atoms. The van der Waals surface area contributed by atoms with Crippen LogP contribution in [0.4, 0.5) is 11.5 Å². The van der Waals surface area contributed by atoms with Gasteiger partial charge < -0.3 is 24.5 Å². The van der Waals surface area contributed by atoms with E-state index in [9.17, 15) is 4.79 Å². The van der Waals surface area contributed by atoms with Crippen LogP contribution in [0.2, 0.25) is 0 Å². The van der Waals surface area contributed by atoms with Crippen molar-refractivity contribution in [1.29, 1.82) is 0 Å². The van der Waals surface area contributed by atoms with Crippen LogP contribution in [0.15, 0.2) is 59.3 Å². The SMILES string of the molecule is COc1ccc(C(=O)Nc2ccc(NCc3ccco3)nc2)cc1OC. The molecule has 0 bridgehead atoms. The Balaban J connectivity index is 1.62. The quantitative estimate of drug-likeness (QED) is 0.675. The van der Waals surface area contributed by atoms with E-state index in [1.165, 1.54) is 7.11 Å². The summed E-state index contributed by atoms with van der Waals surface area (Å²) in [5, 5.41) is 5.94. The molecule has 0 atom stereocenters. The van der Waals surface area contributed by atoms with Gasteiger partial charge in [0.2, 0.25) is 0 Å². The predicted octanol–water partition coefficient (Wildman–Crippen LogP) is 3.56. The third-order valence-corrected chi connectivity index (χ3v) is 3.69. The second-order valence-corrected chi connectivity index (χ2v) is 5.39. The summed E-state index contributed by atoms with van der Waals surface area (Å²) in [6.07, 6.45) is 3.21. The predicted molar refractivity (Wildman–Crippen MR) is 97.8 cm³/mol. The number of nitrogens with one attached hydrogen (secondary N) is 2. The Kier molecular flexibility index (Phi) is 5.38. The van der Waals surface area contributed by atoms with Crippen LogP contribution in [0.3, 0.4) is 0 Å². The third-order valence-electron chi connectivity index (χ3n) is 3.69. The van der Waals surface area contributed by atoms with E-state index in [1.54, 1.807) is 49.9 Å². The van der Waals surface area contributed by atoms with Gasteiger partial charge in [-0.1, -0.05) is 0 Å². The fourth-order valence-corrected chi connectivity index (χ4v) is 2.34. The van der Waals surface area contributed by atoms with Gasteiger partial charge in [-0.15, -0.1) is 0 Å². The molecule has 1 amide bonds. The minimum atomic E-state index is -0.260. The van der Waals surface area contributed by atoms with Crippen LogP contribution < -0.4 is 20.1 Å². The normalized spacial score (nSPS) is 10.2. The molecule has 3 aromatic rings.